The Morgan fingerprint density at radius 1 is 1.11 bits per heavy atom. The number of fused-ring (bicyclic) bond motifs is 1. The van der Waals surface area contributed by atoms with Crippen molar-refractivity contribution in [1.29, 1.82) is 0 Å². The van der Waals surface area contributed by atoms with Crippen LogP contribution in [0.3, 0.4) is 0 Å². The van der Waals surface area contributed by atoms with Crippen molar-refractivity contribution in [3.63, 3.8) is 0 Å². The molecule has 0 bridgehead atoms. The van der Waals surface area contributed by atoms with Crippen molar-refractivity contribution < 1.29 is 42.5 Å². The molecule has 0 saturated heterocycles. The first-order valence-electron chi connectivity index (χ1n) is 11.5. The van der Waals surface area contributed by atoms with Crippen LogP contribution in [-0.2, 0) is 21.3 Å². The van der Waals surface area contributed by atoms with E-state index in [1.807, 2.05) is 0 Å². The van der Waals surface area contributed by atoms with Crippen LogP contribution < -0.4 is 19.5 Å². The number of rotatable bonds is 12. The minimum Gasteiger partial charge on any atom is -0.491 e. The molecule has 36 heavy (non-hydrogen) atoms. The molecular formula is C24H32N2O9S. The van der Waals surface area contributed by atoms with Crippen LogP contribution >= 0.6 is 0 Å². The molecule has 3 N–H and O–H groups in total. The van der Waals surface area contributed by atoms with Gasteiger partial charge >= 0.3 is 6.09 Å². The van der Waals surface area contributed by atoms with Crippen molar-refractivity contribution in [3.8, 4) is 17.2 Å². The normalized spacial score (nSPS) is 14.5. The third-order valence-electron chi connectivity index (χ3n) is 5.23. The molecule has 0 fully saturated rings. The number of aliphatic hydroxyl groups excluding tert-OH is 2. The van der Waals surface area contributed by atoms with Crippen molar-refractivity contribution in [1.82, 2.24) is 9.79 Å². The summed E-state index contributed by atoms with van der Waals surface area (Å²) in [6, 6.07) is 10.4. The first kappa shape index (κ1) is 27.5. The zero-order chi connectivity index (χ0) is 26.3. The molecule has 0 aliphatic carbocycles. The van der Waals surface area contributed by atoms with E-state index in [2.05, 4.69) is 5.32 Å². The second kappa shape index (κ2) is 12.3. The number of carbonyl (C=O) groups excluding carboxylic acids is 1. The second-order valence-electron chi connectivity index (χ2n) is 8.69. The lowest BCUT2D eigenvalue weighted by Crippen LogP contribution is -2.47. The first-order valence-corrected chi connectivity index (χ1v) is 13.0. The third-order valence-corrected chi connectivity index (χ3v) is 6.84. The smallest absolute Gasteiger partial charge is 0.427 e. The molecule has 0 saturated carbocycles. The van der Waals surface area contributed by atoms with E-state index in [4.69, 9.17) is 24.2 Å². The molecule has 1 aliphatic heterocycles. The van der Waals surface area contributed by atoms with Gasteiger partial charge in [0.15, 0.2) is 11.5 Å². The number of amides is 1. The van der Waals surface area contributed by atoms with Crippen molar-refractivity contribution in [2.75, 3.05) is 26.6 Å². The van der Waals surface area contributed by atoms with Crippen LogP contribution in [0.5, 0.6) is 17.2 Å². The van der Waals surface area contributed by atoms with Gasteiger partial charge in [0, 0.05) is 6.07 Å². The van der Waals surface area contributed by atoms with Crippen LogP contribution in [0.4, 0.5) is 4.79 Å². The van der Waals surface area contributed by atoms with Gasteiger partial charge < -0.3 is 34.6 Å². The molecule has 11 nitrogen and oxygen atoms in total. The predicted molar refractivity (Wildman–Crippen MR) is 129 cm³/mol. The monoisotopic (exact) mass is 524 g/mol. The lowest BCUT2D eigenvalue weighted by Gasteiger charge is -2.25. The maximum absolute atomic E-state index is 13.3. The van der Waals surface area contributed by atoms with Crippen LogP contribution in [0.25, 0.3) is 0 Å². The Hall–Kier alpha value is -3.06. The Labute approximate surface area is 210 Å². The van der Waals surface area contributed by atoms with E-state index < -0.39 is 28.3 Å². The fourth-order valence-corrected chi connectivity index (χ4v) is 4.78. The fourth-order valence-electron chi connectivity index (χ4n) is 3.39. The number of nitrogens with zero attached hydrogens (tertiary/aromatic N) is 1. The highest BCUT2D eigenvalue weighted by Crippen LogP contribution is 2.34. The average Bonchev–Trinajstić information content (AvgIpc) is 3.30. The van der Waals surface area contributed by atoms with Crippen LogP contribution in [0.15, 0.2) is 47.4 Å². The first-order chi connectivity index (χ1) is 17.1. The van der Waals surface area contributed by atoms with Gasteiger partial charge in [-0.1, -0.05) is 26.0 Å². The summed E-state index contributed by atoms with van der Waals surface area (Å²) in [6.45, 7) is 5.07. The molecule has 2 aromatic rings. The van der Waals surface area contributed by atoms with E-state index in [-0.39, 0.29) is 49.5 Å². The Bertz CT molecular complexity index is 1120. The van der Waals surface area contributed by atoms with E-state index in [1.54, 1.807) is 38.1 Å². The summed E-state index contributed by atoms with van der Waals surface area (Å²) in [4.78, 5) is 17.9. The summed E-state index contributed by atoms with van der Waals surface area (Å²) >= 11 is 0. The number of sulfonamides is 1. The second-order valence-corrected chi connectivity index (χ2v) is 10.5. The van der Waals surface area contributed by atoms with Gasteiger partial charge in [0.05, 0.1) is 30.2 Å². The van der Waals surface area contributed by atoms with Crippen LogP contribution in [0, 0.1) is 5.92 Å². The van der Waals surface area contributed by atoms with Crippen molar-refractivity contribution in [2.24, 2.45) is 5.92 Å². The summed E-state index contributed by atoms with van der Waals surface area (Å²) in [5.41, 5.74) is 0.796. The number of carbonyl (C=O) groups is 1. The Morgan fingerprint density at radius 2 is 1.81 bits per heavy atom. The van der Waals surface area contributed by atoms with E-state index >= 15 is 0 Å². The molecule has 3 rings (SSSR count). The lowest BCUT2D eigenvalue weighted by molar-refractivity contribution is -0.0323. The summed E-state index contributed by atoms with van der Waals surface area (Å²) in [6.07, 6.45) is -1.72. The number of benzene rings is 2. The largest absolute Gasteiger partial charge is 0.491 e. The maximum Gasteiger partial charge on any atom is 0.427 e. The van der Waals surface area contributed by atoms with Crippen LogP contribution in [0.1, 0.15) is 26.3 Å². The summed E-state index contributed by atoms with van der Waals surface area (Å²) < 4.78 is 43.0. The number of aliphatic hydroxyl groups is 2. The van der Waals surface area contributed by atoms with Gasteiger partial charge in [0.2, 0.25) is 6.79 Å². The molecule has 12 heteroatoms. The zero-order valence-corrected chi connectivity index (χ0v) is 21.2. The molecule has 2 atom stereocenters. The quantitative estimate of drug-likeness (QED) is 0.355. The Morgan fingerprint density at radius 3 is 2.44 bits per heavy atom. The number of hydroxylamine groups is 1. The van der Waals surface area contributed by atoms with Gasteiger partial charge in [0.25, 0.3) is 10.0 Å². The van der Waals surface area contributed by atoms with Crippen molar-refractivity contribution in [3.05, 3.63) is 48.0 Å². The van der Waals surface area contributed by atoms with Crippen LogP contribution in [0.2, 0.25) is 0 Å². The van der Waals surface area contributed by atoms with Gasteiger partial charge in [-0.15, -0.1) is 0 Å². The van der Waals surface area contributed by atoms with E-state index in [0.29, 0.717) is 16.0 Å². The van der Waals surface area contributed by atoms with E-state index in [1.165, 1.54) is 25.1 Å². The highest BCUT2D eigenvalue weighted by Gasteiger charge is 2.32. The molecule has 198 valence electrons. The Kier molecular flexibility index (Phi) is 9.37. The molecular weight excluding hydrogens is 492 g/mol. The molecule has 1 amide bonds. The van der Waals surface area contributed by atoms with Crippen LogP contribution in [-0.4, -0.2) is 67.9 Å². The van der Waals surface area contributed by atoms with E-state index in [0.717, 1.165) is 5.56 Å². The molecule has 1 heterocycles. The zero-order valence-electron chi connectivity index (χ0n) is 20.4. The van der Waals surface area contributed by atoms with Crippen molar-refractivity contribution >= 4 is 16.1 Å². The highest BCUT2D eigenvalue weighted by molar-refractivity contribution is 7.89. The molecule has 2 unspecified atom stereocenters. The number of nitrogens with one attached hydrogen (secondary N) is 1. The number of hydrogen-bond donors (Lipinski definition) is 3. The number of hydrogen-bond acceptors (Lipinski definition) is 9. The van der Waals surface area contributed by atoms with Crippen molar-refractivity contribution in [2.45, 2.75) is 44.2 Å². The summed E-state index contributed by atoms with van der Waals surface area (Å²) in [5, 5.41) is 21.6. The van der Waals surface area contributed by atoms with E-state index in [9.17, 15) is 18.3 Å². The van der Waals surface area contributed by atoms with Gasteiger partial charge in [-0.3, -0.25) is 0 Å². The standard InChI is InChI=1S/C24H32N2O9S/c1-16(2)14-26(36(30,31)20-8-9-22-23(13-20)34-15-33-22)35-24(29)25-21(17(3)28)12-18-4-6-19(7-5-18)32-11-10-27/h4-9,13,16-17,21,27-28H,10-12,14-15H2,1-3H3,(H,25,29). The minimum atomic E-state index is -4.22. The molecule has 1 aliphatic rings. The average molecular weight is 525 g/mol. The third kappa shape index (κ3) is 7.23. The van der Waals surface area contributed by atoms with Gasteiger partial charge in [-0.05, 0) is 53.6 Å². The Balaban J connectivity index is 1.70. The fraction of sp³-hybridized carbons (Fsp3) is 0.458. The maximum atomic E-state index is 13.3. The van der Waals surface area contributed by atoms with Gasteiger partial charge in [-0.25, -0.2) is 13.2 Å². The number of ether oxygens (including phenoxy) is 3. The highest BCUT2D eigenvalue weighted by atomic mass is 32.2. The molecule has 2 aromatic carbocycles. The topological polar surface area (TPSA) is 144 Å². The lowest BCUT2D eigenvalue weighted by atomic mass is 10.0. The van der Waals surface area contributed by atoms with Gasteiger partial charge in [0.1, 0.15) is 12.4 Å². The summed E-state index contributed by atoms with van der Waals surface area (Å²) in [7, 11) is -4.22. The predicted octanol–water partition coefficient (Wildman–Crippen LogP) is 2.07. The SMILES string of the molecule is CC(C)CN(OC(=O)NC(Cc1ccc(OCCO)cc1)C(C)O)S(=O)(=O)c1ccc2c(c1)OCO2. The minimum absolute atomic E-state index is 0.00735. The molecule has 0 spiro atoms. The molecule has 0 aromatic heterocycles. The van der Waals surface area contributed by atoms with Gasteiger partial charge in [-0.2, -0.15) is 0 Å². The summed E-state index contributed by atoms with van der Waals surface area (Å²) in [5.74, 6) is 1.13. The molecule has 0 radical (unpaired) electrons.